The Labute approximate surface area is 131 Å². The minimum absolute atomic E-state index is 0. The first-order valence-electron chi connectivity index (χ1n) is 4.83. The number of rotatable bonds is 3. The van der Waals surface area contributed by atoms with E-state index in [0.717, 1.165) is 0 Å². The third-order valence-electron chi connectivity index (χ3n) is 1.56. The van der Waals surface area contributed by atoms with Crippen LogP contribution < -0.4 is 0 Å². The summed E-state index contributed by atoms with van der Waals surface area (Å²) in [5.41, 5.74) is 1.75. The van der Waals surface area contributed by atoms with E-state index >= 15 is 0 Å². The Morgan fingerprint density at radius 1 is 1.28 bits per heavy atom. The number of hydrogen-bond acceptors (Lipinski definition) is 2. The Morgan fingerprint density at radius 3 is 2.00 bits per heavy atom. The first kappa shape index (κ1) is 19.7. The summed E-state index contributed by atoms with van der Waals surface area (Å²) in [5, 5.41) is 0.690. The quantitative estimate of drug-likeness (QED) is 0.524. The molecule has 0 aliphatic carbocycles. The van der Waals surface area contributed by atoms with Gasteiger partial charge < -0.3 is 0 Å². The first-order valence-corrected chi connectivity index (χ1v) is 6.34. The molecule has 0 heterocycles. The van der Waals surface area contributed by atoms with Gasteiger partial charge in [-0.25, -0.2) is 0 Å². The summed E-state index contributed by atoms with van der Waals surface area (Å²) in [7, 11) is -3.96. The van der Waals surface area contributed by atoms with Gasteiger partial charge >= 0.3 is 29.6 Å². The van der Waals surface area contributed by atoms with Crippen LogP contribution in [0.25, 0.3) is 6.08 Å². The van der Waals surface area contributed by atoms with Gasteiger partial charge in [-0.15, -0.1) is 0 Å². The van der Waals surface area contributed by atoms with Crippen molar-refractivity contribution in [3.8, 4) is 0 Å². The van der Waals surface area contributed by atoms with Crippen LogP contribution in [-0.4, -0.2) is 42.5 Å². The van der Waals surface area contributed by atoms with Gasteiger partial charge in [0.2, 0.25) is 0 Å². The van der Waals surface area contributed by atoms with E-state index < -0.39 is 10.1 Å². The zero-order valence-electron chi connectivity index (χ0n) is 9.70. The molecule has 1 rings (SSSR count). The predicted molar refractivity (Wildman–Crippen MR) is 79.2 cm³/mol. The van der Waals surface area contributed by atoms with Gasteiger partial charge in [0.15, 0.2) is 0 Å². The molecular weight excluding hydrogens is 259 g/mol. The van der Waals surface area contributed by atoms with Crippen molar-refractivity contribution in [2.75, 3.05) is 0 Å². The fourth-order valence-corrected chi connectivity index (χ4v) is 1.20. The van der Waals surface area contributed by atoms with Crippen molar-refractivity contribution in [3.63, 3.8) is 0 Å². The molecule has 0 fully saturated rings. The van der Waals surface area contributed by atoms with Gasteiger partial charge in [-0.2, -0.15) is 8.42 Å². The Hall–Kier alpha value is -0.650. The van der Waals surface area contributed by atoms with Crippen LogP contribution in [0.1, 0.15) is 12.5 Å². The van der Waals surface area contributed by atoms with Crippen LogP contribution in [0.15, 0.2) is 60.5 Å². The summed E-state index contributed by atoms with van der Waals surface area (Å²) in [6.45, 7) is 8.65. The maximum absolute atomic E-state index is 9.96. The molecule has 5 heteroatoms. The van der Waals surface area contributed by atoms with Crippen molar-refractivity contribution < 1.29 is 13.0 Å². The van der Waals surface area contributed by atoms with Gasteiger partial charge in [-0.05, 0) is 18.6 Å². The molecule has 0 aliphatic heterocycles. The monoisotopic (exact) mass is 276 g/mol. The van der Waals surface area contributed by atoms with E-state index in [2.05, 4.69) is 13.2 Å². The Balaban J connectivity index is 0. The first-order chi connectivity index (χ1) is 7.85. The van der Waals surface area contributed by atoms with Gasteiger partial charge in [0.25, 0.3) is 10.1 Å². The molecule has 0 amide bonds. The van der Waals surface area contributed by atoms with E-state index in [1.807, 2.05) is 36.4 Å². The van der Waals surface area contributed by atoms with Gasteiger partial charge in [0.05, 0.1) is 5.41 Å². The molecule has 3 nitrogen and oxygen atoms in total. The van der Waals surface area contributed by atoms with Crippen LogP contribution in [0.2, 0.25) is 0 Å². The molecular formula is C13H17NaO3S. The van der Waals surface area contributed by atoms with E-state index in [4.69, 9.17) is 4.55 Å². The molecule has 0 aromatic heterocycles. The molecule has 94 valence electrons. The summed E-state index contributed by atoms with van der Waals surface area (Å²) >= 11 is 0. The van der Waals surface area contributed by atoms with Crippen molar-refractivity contribution in [1.29, 1.82) is 0 Å². The van der Waals surface area contributed by atoms with Crippen LogP contribution >= 0.6 is 0 Å². The summed E-state index contributed by atoms with van der Waals surface area (Å²) in [5.74, 6) is 0. The average Bonchev–Trinajstić information content (AvgIpc) is 2.27. The normalized spacial score (nSPS) is 9.89. The molecule has 18 heavy (non-hydrogen) atoms. The Morgan fingerprint density at radius 2 is 1.78 bits per heavy atom. The van der Waals surface area contributed by atoms with E-state index in [9.17, 15) is 8.42 Å². The van der Waals surface area contributed by atoms with Gasteiger partial charge in [-0.1, -0.05) is 55.1 Å². The molecule has 0 unspecified atom stereocenters. The van der Waals surface area contributed by atoms with Crippen molar-refractivity contribution >= 4 is 45.8 Å². The Bertz CT molecular complexity index is 490. The maximum atomic E-state index is 9.96. The van der Waals surface area contributed by atoms with Gasteiger partial charge in [0.1, 0.15) is 0 Å². The summed E-state index contributed by atoms with van der Waals surface area (Å²) in [6, 6.07) is 10.0. The van der Waals surface area contributed by atoms with Crippen LogP contribution in [0.3, 0.4) is 0 Å². The topological polar surface area (TPSA) is 54.4 Å². The number of benzene rings is 1. The van der Waals surface area contributed by atoms with E-state index in [1.165, 1.54) is 11.6 Å². The fourth-order valence-electron chi connectivity index (χ4n) is 0.791. The second-order valence-electron chi connectivity index (χ2n) is 3.28. The Kier molecular flexibility index (Phi) is 11.3. The van der Waals surface area contributed by atoms with E-state index in [0.29, 0.717) is 11.0 Å². The molecule has 1 aromatic rings. The number of hydrogen-bond donors (Lipinski definition) is 1. The van der Waals surface area contributed by atoms with Crippen molar-refractivity contribution in [1.82, 2.24) is 0 Å². The van der Waals surface area contributed by atoms with Gasteiger partial charge in [0, 0.05) is 0 Å². The molecule has 0 saturated carbocycles. The summed E-state index contributed by atoms with van der Waals surface area (Å²) in [6.07, 6.45) is 3.05. The van der Waals surface area contributed by atoms with Crippen LogP contribution in [-0.2, 0) is 10.1 Å². The van der Waals surface area contributed by atoms with E-state index in [1.54, 1.807) is 6.92 Å². The van der Waals surface area contributed by atoms with Crippen LogP contribution in [0, 0.1) is 0 Å². The SMILES string of the molecule is C=C(C)C=CS(=O)(=O)O.C=Cc1ccccc1.[NaH]. The standard InChI is InChI=1S/C8H8.C5H8O3S.Na.H/c1-2-8-6-4-3-5-7-8;1-5(2)3-4-9(6,7)8;;/h2-7H,1H2;3-4H,1H2,2H3,(H,6,7,8);;. The predicted octanol–water partition coefficient (Wildman–Crippen LogP) is 2.65. The molecule has 0 saturated heterocycles. The van der Waals surface area contributed by atoms with Crippen molar-refractivity contribution in [2.45, 2.75) is 6.92 Å². The van der Waals surface area contributed by atoms with Crippen LogP contribution in [0.5, 0.6) is 0 Å². The second-order valence-corrected chi connectivity index (χ2v) is 4.58. The molecule has 1 N–H and O–H groups in total. The van der Waals surface area contributed by atoms with Crippen molar-refractivity contribution in [3.05, 3.63) is 66.1 Å². The molecule has 0 spiro atoms. The molecule has 0 bridgehead atoms. The molecule has 0 aliphatic rings. The van der Waals surface area contributed by atoms with Gasteiger partial charge in [-0.3, -0.25) is 4.55 Å². The number of allylic oxidation sites excluding steroid dienone is 2. The third-order valence-corrected chi connectivity index (χ3v) is 2.04. The third kappa shape index (κ3) is 13.4. The molecule has 0 radical (unpaired) electrons. The second kappa shape index (κ2) is 10.3. The zero-order chi connectivity index (χ0) is 13.3. The van der Waals surface area contributed by atoms with E-state index in [-0.39, 0.29) is 29.6 Å². The molecule has 0 atom stereocenters. The fraction of sp³-hybridized carbons (Fsp3) is 0.0769. The summed E-state index contributed by atoms with van der Waals surface area (Å²) in [4.78, 5) is 0. The summed E-state index contributed by atoms with van der Waals surface area (Å²) < 4.78 is 28.0. The zero-order valence-corrected chi connectivity index (χ0v) is 10.5. The minimum atomic E-state index is -3.96. The average molecular weight is 276 g/mol. The molecule has 1 aromatic carbocycles. The van der Waals surface area contributed by atoms with Crippen LogP contribution in [0.4, 0.5) is 0 Å². The van der Waals surface area contributed by atoms with Crippen molar-refractivity contribution in [2.24, 2.45) is 0 Å².